The molecule has 0 radical (unpaired) electrons. The number of fused-ring (bicyclic) bond motifs is 2. The maximum absolute atomic E-state index is 13.7. The topological polar surface area (TPSA) is 190 Å². The maximum atomic E-state index is 13.7. The molecular formula is C48H16F6N8. The fourth-order valence-corrected chi connectivity index (χ4v) is 7.53. The zero-order chi connectivity index (χ0) is 44.7. The van der Waals surface area contributed by atoms with Gasteiger partial charge in [0.2, 0.25) is 0 Å². The second-order valence-electron chi connectivity index (χ2n) is 13.6. The zero-order valence-electron chi connectivity index (χ0n) is 31.1. The smallest absolute Gasteiger partial charge is 0.192 e. The molecule has 290 valence electrons. The predicted octanol–water partition coefficient (Wildman–Crippen LogP) is 11.0. The number of nitriles is 8. The van der Waals surface area contributed by atoms with Crippen LogP contribution in [0.5, 0.6) is 0 Å². The summed E-state index contributed by atoms with van der Waals surface area (Å²) in [6.45, 7) is 0. The van der Waals surface area contributed by atoms with Gasteiger partial charge in [0.1, 0.15) is 24.3 Å². The van der Waals surface area contributed by atoms with Gasteiger partial charge in [-0.1, -0.05) is 24.3 Å². The normalized spacial score (nSPS) is 14.4. The van der Waals surface area contributed by atoms with Gasteiger partial charge in [-0.2, -0.15) is 68.4 Å². The van der Waals surface area contributed by atoms with Gasteiger partial charge in [0.05, 0.1) is 80.0 Å². The van der Waals surface area contributed by atoms with Crippen molar-refractivity contribution in [3.63, 3.8) is 0 Å². The Hall–Kier alpha value is -9.44. The van der Waals surface area contributed by atoms with Crippen LogP contribution in [0.4, 0.5) is 26.3 Å². The summed E-state index contributed by atoms with van der Waals surface area (Å²) in [6.07, 6.45) is -9.47. The van der Waals surface area contributed by atoms with E-state index < -0.39 is 23.5 Å². The van der Waals surface area contributed by atoms with E-state index in [9.17, 15) is 68.4 Å². The SMILES string of the molecule is N#CC1=C(c2ccc(C(F)(F)F)cc2)/C(=C(/C#N)c2cc(C#N)cc(C#N)c2)c2cc3c(cc21)C(C#N)=C(c1ccc(C(F)(F)F)cc1)/C3=C(/C#N)c1cc(C#N)cc(C#N)c1. The van der Waals surface area contributed by atoms with E-state index >= 15 is 0 Å². The summed E-state index contributed by atoms with van der Waals surface area (Å²) >= 11 is 0. The maximum Gasteiger partial charge on any atom is 0.416 e. The third-order valence-corrected chi connectivity index (χ3v) is 10.1. The molecule has 0 fully saturated rings. The second kappa shape index (κ2) is 15.4. The Labute approximate surface area is 348 Å². The highest BCUT2D eigenvalue weighted by molar-refractivity contribution is 6.34. The van der Waals surface area contributed by atoms with Crippen molar-refractivity contribution in [2.24, 2.45) is 0 Å². The Kier molecular flexibility index (Phi) is 10.1. The number of halogens is 6. The van der Waals surface area contributed by atoms with Crippen LogP contribution in [0.25, 0.3) is 44.6 Å². The summed E-state index contributed by atoms with van der Waals surface area (Å²) in [5, 5.41) is 82.5. The first kappa shape index (κ1) is 40.7. The van der Waals surface area contributed by atoms with E-state index in [1.807, 2.05) is 24.3 Å². The van der Waals surface area contributed by atoms with Crippen LogP contribution < -0.4 is 0 Å². The molecule has 0 unspecified atom stereocenters. The molecule has 8 nitrogen and oxygen atoms in total. The number of allylic oxidation sites excluding steroid dienone is 8. The Bertz CT molecular complexity index is 3040. The quantitative estimate of drug-likeness (QED) is 0.126. The van der Waals surface area contributed by atoms with Gasteiger partial charge in [0.15, 0.2) is 0 Å². The molecule has 62 heavy (non-hydrogen) atoms. The number of hydrogen-bond acceptors (Lipinski definition) is 8. The van der Waals surface area contributed by atoms with E-state index in [4.69, 9.17) is 0 Å². The lowest BCUT2D eigenvalue weighted by molar-refractivity contribution is -0.138. The highest BCUT2D eigenvalue weighted by Gasteiger charge is 2.39. The van der Waals surface area contributed by atoms with E-state index in [1.54, 1.807) is 0 Å². The van der Waals surface area contributed by atoms with Crippen LogP contribution in [0.2, 0.25) is 0 Å². The van der Waals surface area contributed by atoms with Gasteiger partial charge in [0, 0.05) is 33.4 Å². The molecule has 0 N–H and O–H groups in total. The molecule has 0 heterocycles. The van der Waals surface area contributed by atoms with Gasteiger partial charge < -0.3 is 0 Å². The molecule has 2 aliphatic rings. The second-order valence-corrected chi connectivity index (χ2v) is 13.6. The van der Waals surface area contributed by atoms with Gasteiger partial charge >= 0.3 is 12.4 Å². The van der Waals surface area contributed by atoms with Crippen molar-refractivity contribution in [2.45, 2.75) is 12.4 Å². The largest absolute Gasteiger partial charge is 0.416 e. The summed E-state index contributed by atoms with van der Waals surface area (Å²) < 4.78 is 82.4. The molecule has 7 rings (SSSR count). The first-order valence-corrected chi connectivity index (χ1v) is 17.7. The third-order valence-electron chi connectivity index (χ3n) is 10.1. The van der Waals surface area contributed by atoms with E-state index in [-0.39, 0.29) is 111 Å². The van der Waals surface area contributed by atoms with E-state index in [0.29, 0.717) is 0 Å². The summed E-state index contributed by atoms with van der Waals surface area (Å²) in [4.78, 5) is 0. The highest BCUT2D eigenvalue weighted by atomic mass is 19.4. The Morgan fingerprint density at radius 1 is 0.371 bits per heavy atom. The van der Waals surface area contributed by atoms with Crippen molar-refractivity contribution < 1.29 is 26.3 Å². The van der Waals surface area contributed by atoms with Crippen molar-refractivity contribution in [2.75, 3.05) is 0 Å². The fourth-order valence-electron chi connectivity index (χ4n) is 7.53. The first-order valence-electron chi connectivity index (χ1n) is 17.7. The fraction of sp³-hybridized carbons (Fsp3) is 0.0417. The molecule has 2 aliphatic carbocycles. The van der Waals surface area contributed by atoms with Crippen molar-refractivity contribution in [1.29, 1.82) is 42.1 Å². The van der Waals surface area contributed by atoms with E-state index in [2.05, 4.69) is 24.3 Å². The molecule has 0 saturated heterocycles. The van der Waals surface area contributed by atoms with Crippen LogP contribution in [-0.4, -0.2) is 0 Å². The summed E-state index contributed by atoms with van der Waals surface area (Å²) in [6, 6.07) is 34.1. The number of alkyl halides is 6. The van der Waals surface area contributed by atoms with Crippen LogP contribution in [-0.2, 0) is 12.4 Å². The molecule has 0 saturated carbocycles. The number of benzene rings is 5. The van der Waals surface area contributed by atoms with Crippen molar-refractivity contribution in [3.8, 4) is 48.6 Å². The van der Waals surface area contributed by atoms with E-state index in [1.165, 1.54) is 48.5 Å². The van der Waals surface area contributed by atoms with Crippen LogP contribution >= 0.6 is 0 Å². The lowest BCUT2D eigenvalue weighted by Crippen LogP contribution is -2.04. The lowest BCUT2D eigenvalue weighted by Gasteiger charge is -2.16. The summed E-state index contributed by atoms with van der Waals surface area (Å²) in [5.74, 6) is 0. The molecule has 0 aromatic heterocycles. The average molecular weight is 819 g/mol. The molecule has 0 bridgehead atoms. The van der Waals surface area contributed by atoms with Crippen molar-refractivity contribution in [1.82, 2.24) is 0 Å². The van der Waals surface area contributed by atoms with Crippen LogP contribution in [0.15, 0.2) is 97.1 Å². The van der Waals surface area contributed by atoms with Crippen LogP contribution in [0.3, 0.4) is 0 Å². The highest BCUT2D eigenvalue weighted by Crippen LogP contribution is 2.56. The predicted molar refractivity (Wildman–Crippen MR) is 211 cm³/mol. The number of hydrogen-bond donors (Lipinski definition) is 0. The van der Waals surface area contributed by atoms with E-state index in [0.717, 1.165) is 48.5 Å². The first-order chi connectivity index (χ1) is 29.6. The van der Waals surface area contributed by atoms with Gasteiger partial charge in [-0.3, -0.25) is 0 Å². The summed E-state index contributed by atoms with van der Waals surface area (Å²) in [5.41, 5.74) is -2.46. The minimum absolute atomic E-state index is 0.0193. The molecule has 5 aromatic rings. The minimum atomic E-state index is -4.74. The van der Waals surface area contributed by atoms with Gasteiger partial charge in [-0.05, 0) is 106 Å². The molecule has 5 aromatic carbocycles. The van der Waals surface area contributed by atoms with Crippen LogP contribution in [0, 0.1) is 90.6 Å². The Morgan fingerprint density at radius 3 is 0.935 bits per heavy atom. The summed E-state index contributed by atoms with van der Waals surface area (Å²) in [7, 11) is 0. The van der Waals surface area contributed by atoms with Gasteiger partial charge in [-0.15, -0.1) is 0 Å². The Balaban J connectivity index is 1.65. The molecule has 0 atom stereocenters. The standard InChI is InChI=1S/C48H16F6N8/c49-47(50,51)33-5-1-29(2-6-33)43-41(23-61)35-15-36-38(16-37(35)45(43)39(21-59)31-11-25(17-55)9-26(12-31)18-56)46(40(22-60)32-13-27(19-57)10-28(14-32)20-58)44(42(36)24-62)30-3-7-34(8-4-30)48(52,53)54/h1-16H/b45-39-,46-40-. The molecule has 0 amide bonds. The minimum Gasteiger partial charge on any atom is -0.192 e. The van der Waals surface area contributed by atoms with Gasteiger partial charge in [0.25, 0.3) is 0 Å². The number of nitrogens with zero attached hydrogens (tertiary/aromatic N) is 8. The zero-order valence-corrected chi connectivity index (χ0v) is 31.1. The molecule has 0 aliphatic heterocycles. The Morgan fingerprint density at radius 2 is 0.677 bits per heavy atom. The van der Waals surface area contributed by atoms with Gasteiger partial charge in [-0.25, -0.2) is 0 Å². The van der Waals surface area contributed by atoms with Crippen molar-refractivity contribution in [3.05, 3.63) is 175 Å². The third kappa shape index (κ3) is 6.86. The average Bonchev–Trinajstić information content (AvgIpc) is 3.76. The lowest BCUT2D eigenvalue weighted by atomic mass is 9.85. The van der Waals surface area contributed by atoms with Crippen molar-refractivity contribution >= 4 is 44.6 Å². The van der Waals surface area contributed by atoms with Crippen LogP contribution in [0.1, 0.15) is 77.9 Å². The molecule has 0 spiro atoms. The monoisotopic (exact) mass is 818 g/mol. The molecule has 14 heteroatoms. The number of rotatable bonds is 4. The molecular weight excluding hydrogens is 803 g/mol.